The molecular formula is C24H24BrF4N3O2. The van der Waals surface area contributed by atoms with Gasteiger partial charge in [0, 0.05) is 20.7 Å². The molecule has 4 bridgehead atoms. The third-order valence-corrected chi connectivity index (χ3v) is 9.52. The molecule has 0 saturated heterocycles. The lowest BCUT2D eigenvalue weighted by Gasteiger charge is -2.61. The average molecular weight is 542 g/mol. The molecule has 0 spiro atoms. The van der Waals surface area contributed by atoms with Crippen molar-refractivity contribution in [1.29, 1.82) is 0 Å². The Balaban J connectivity index is 1.31. The zero-order chi connectivity index (χ0) is 23.9. The van der Waals surface area contributed by atoms with Crippen molar-refractivity contribution in [2.75, 3.05) is 0 Å². The molecule has 8 rings (SSSR count). The lowest BCUT2D eigenvalue weighted by molar-refractivity contribution is -0.169. The van der Waals surface area contributed by atoms with Crippen molar-refractivity contribution >= 4 is 21.8 Å². The van der Waals surface area contributed by atoms with E-state index in [0.717, 1.165) is 29.3 Å². The van der Waals surface area contributed by atoms with Crippen molar-refractivity contribution in [1.82, 2.24) is 15.5 Å². The fraction of sp³-hybridized carbons (Fsp3) is 0.625. The summed E-state index contributed by atoms with van der Waals surface area (Å²) < 4.78 is 60.5. The normalized spacial score (nSPS) is 37.0. The van der Waals surface area contributed by atoms with Crippen LogP contribution in [-0.4, -0.2) is 22.2 Å². The van der Waals surface area contributed by atoms with Crippen LogP contribution in [0.4, 0.5) is 17.6 Å². The number of rotatable bonds is 5. The largest absolute Gasteiger partial charge is 0.471 e. The summed E-state index contributed by atoms with van der Waals surface area (Å²) in [6.07, 6.45) is -1.64. The van der Waals surface area contributed by atoms with Gasteiger partial charge in [-0.25, -0.2) is 4.39 Å². The summed E-state index contributed by atoms with van der Waals surface area (Å²) >= 11 is 3.49. The van der Waals surface area contributed by atoms with Gasteiger partial charge in [0.1, 0.15) is 6.17 Å². The van der Waals surface area contributed by atoms with Crippen LogP contribution in [0.5, 0.6) is 0 Å². The van der Waals surface area contributed by atoms with Crippen LogP contribution in [0.15, 0.2) is 33.3 Å². The van der Waals surface area contributed by atoms with E-state index < -0.39 is 35.1 Å². The Morgan fingerprint density at radius 1 is 1.15 bits per heavy atom. The highest BCUT2D eigenvalue weighted by molar-refractivity contribution is 9.10. The number of aromatic nitrogens is 2. The van der Waals surface area contributed by atoms with Crippen LogP contribution in [0.2, 0.25) is 0 Å². The number of hydrogen-bond acceptors (Lipinski definition) is 4. The van der Waals surface area contributed by atoms with Gasteiger partial charge in [0.15, 0.2) is 5.82 Å². The predicted octanol–water partition coefficient (Wildman–Crippen LogP) is 6.05. The highest BCUT2D eigenvalue weighted by atomic mass is 79.9. The van der Waals surface area contributed by atoms with Crippen LogP contribution in [0.3, 0.4) is 0 Å². The molecule has 1 N–H and O–H groups in total. The van der Waals surface area contributed by atoms with Gasteiger partial charge in [-0.3, -0.25) is 4.79 Å². The minimum atomic E-state index is -4.73. The number of benzene rings is 1. The quantitative estimate of drug-likeness (QED) is 0.468. The first kappa shape index (κ1) is 22.5. The fourth-order valence-corrected chi connectivity index (χ4v) is 7.30. The van der Waals surface area contributed by atoms with E-state index in [1.165, 1.54) is 0 Å². The minimum Gasteiger partial charge on any atom is -0.348 e. The van der Waals surface area contributed by atoms with E-state index in [4.69, 9.17) is 0 Å². The third kappa shape index (κ3) is 3.19. The number of hydrogen-bond donors (Lipinski definition) is 1. The van der Waals surface area contributed by atoms with Gasteiger partial charge in [-0.15, -0.1) is 0 Å². The second-order valence-electron chi connectivity index (χ2n) is 10.8. The summed E-state index contributed by atoms with van der Waals surface area (Å²) in [5.74, 6) is -0.819. The molecule has 182 valence electrons. The van der Waals surface area contributed by atoms with Crippen LogP contribution in [0.25, 0.3) is 0 Å². The maximum atomic E-state index is 16.1. The van der Waals surface area contributed by atoms with Crippen LogP contribution in [0, 0.1) is 16.7 Å². The SMILES string of the molecule is O=C(NC(c1cccc(Br)c1)C12CCC(c3noc(C(F)(F)F)n3)(CC1)CC2F)C12CC(C1)C2. The van der Waals surface area contributed by atoms with E-state index in [2.05, 4.69) is 35.9 Å². The molecule has 6 saturated carbocycles. The van der Waals surface area contributed by atoms with Crippen LogP contribution in [0.1, 0.15) is 74.7 Å². The molecule has 1 heterocycles. The molecule has 2 unspecified atom stereocenters. The molecule has 5 nitrogen and oxygen atoms in total. The topological polar surface area (TPSA) is 68.0 Å². The lowest BCUT2D eigenvalue weighted by Crippen LogP contribution is -2.63. The maximum absolute atomic E-state index is 16.1. The number of alkyl halides is 4. The fourth-order valence-electron chi connectivity index (χ4n) is 6.88. The monoisotopic (exact) mass is 541 g/mol. The number of nitrogens with one attached hydrogen (secondary N) is 1. The van der Waals surface area contributed by atoms with Crippen molar-refractivity contribution in [2.45, 2.75) is 75.2 Å². The van der Waals surface area contributed by atoms with Crippen molar-refractivity contribution in [2.24, 2.45) is 16.7 Å². The van der Waals surface area contributed by atoms with Gasteiger partial charge in [0.25, 0.3) is 0 Å². The number of halogens is 5. The van der Waals surface area contributed by atoms with E-state index in [9.17, 15) is 18.0 Å². The Bertz CT molecular complexity index is 1120. The van der Waals surface area contributed by atoms with Gasteiger partial charge >= 0.3 is 12.1 Å². The Kier molecular flexibility index (Phi) is 4.81. The van der Waals surface area contributed by atoms with Crippen molar-refractivity contribution in [3.05, 3.63) is 46.0 Å². The molecule has 1 aromatic heterocycles. The summed E-state index contributed by atoms with van der Waals surface area (Å²) in [5, 5.41) is 6.84. The Hall–Kier alpha value is -1.97. The summed E-state index contributed by atoms with van der Waals surface area (Å²) in [7, 11) is 0. The smallest absolute Gasteiger partial charge is 0.348 e. The van der Waals surface area contributed by atoms with Gasteiger partial charge in [-0.1, -0.05) is 33.2 Å². The molecule has 2 aromatic rings. The third-order valence-electron chi connectivity index (χ3n) is 9.03. The Morgan fingerprint density at radius 2 is 1.85 bits per heavy atom. The number of amides is 1. The van der Waals surface area contributed by atoms with Gasteiger partial charge < -0.3 is 9.84 Å². The molecule has 6 aliphatic rings. The molecule has 6 fully saturated rings. The van der Waals surface area contributed by atoms with E-state index in [1.54, 1.807) is 0 Å². The molecule has 34 heavy (non-hydrogen) atoms. The molecule has 1 aromatic carbocycles. The number of carbonyl (C=O) groups excluding carboxylic acids is 1. The Morgan fingerprint density at radius 3 is 2.38 bits per heavy atom. The predicted molar refractivity (Wildman–Crippen MR) is 116 cm³/mol. The summed E-state index contributed by atoms with van der Waals surface area (Å²) in [4.78, 5) is 16.9. The zero-order valence-electron chi connectivity index (χ0n) is 18.3. The lowest BCUT2D eigenvalue weighted by atomic mass is 9.44. The molecule has 1 amide bonds. The first-order chi connectivity index (χ1) is 16.1. The van der Waals surface area contributed by atoms with E-state index >= 15 is 4.39 Å². The number of fused-ring (bicyclic) bond motifs is 3. The van der Waals surface area contributed by atoms with Crippen LogP contribution in [-0.2, 0) is 16.4 Å². The number of nitrogens with zero attached hydrogens (tertiary/aromatic N) is 2. The minimum absolute atomic E-state index is 0.00283. The zero-order valence-corrected chi connectivity index (χ0v) is 19.9. The second-order valence-corrected chi connectivity index (χ2v) is 11.7. The second kappa shape index (κ2) is 7.27. The molecule has 2 atom stereocenters. The van der Waals surface area contributed by atoms with Crippen molar-refractivity contribution in [3.63, 3.8) is 0 Å². The van der Waals surface area contributed by atoms with Gasteiger partial charge in [-0.05, 0) is 75.0 Å². The maximum Gasteiger partial charge on any atom is 0.471 e. The Labute approximate surface area is 202 Å². The van der Waals surface area contributed by atoms with Crippen molar-refractivity contribution < 1.29 is 26.9 Å². The van der Waals surface area contributed by atoms with Crippen LogP contribution < -0.4 is 5.32 Å². The van der Waals surface area contributed by atoms with Gasteiger partial charge in [0.2, 0.25) is 5.91 Å². The van der Waals surface area contributed by atoms with Gasteiger partial charge in [0.05, 0.1) is 6.04 Å². The average Bonchev–Trinajstić information content (AvgIpc) is 3.22. The van der Waals surface area contributed by atoms with Crippen molar-refractivity contribution in [3.8, 4) is 0 Å². The highest BCUT2D eigenvalue weighted by Crippen LogP contribution is 2.66. The van der Waals surface area contributed by atoms with Gasteiger partial charge in [-0.2, -0.15) is 18.2 Å². The van der Waals surface area contributed by atoms with E-state index in [-0.39, 0.29) is 23.6 Å². The number of carbonyl (C=O) groups is 1. The van der Waals surface area contributed by atoms with E-state index in [1.807, 2.05) is 24.3 Å². The van der Waals surface area contributed by atoms with Crippen LogP contribution >= 0.6 is 15.9 Å². The highest BCUT2D eigenvalue weighted by Gasteiger charge is 2.64. The molecule has 10 heteroatoms. The first-order valence-electron chi connectivity index (χ1n) is 11.7. The standard InChI is InChI=1S/C24H24BrF4N3O2/c25-15-3-1-2-14(8-15)17(30-19(33)22-9-13(10-22)11-22)23-6-4-21(5-7-23,12-16(23)26)18-31-20(34-32-18)24(27,28)29/h1-3,8,13,16-17H,4-7,9-12H2,(H,30,33). The molecule has 0 aliphatic heterocycles. The summed E-state index contributed by atoms with van der Waals surface area (Å²) in [5.41, 5.74) is -1.18. The summed E-state index contributed by atoms with van der Waals surface area (Å²) in [6.45, 7) is 0. The first-order valence-corrected chi connectivity index (χ1v) is 12.5. The molecular weight excluding hydrogens is 518 g/mol. The van der Waals surface area contributed by atoms with E-state index in [0.29, 0.717) is 31.6 Å². The molecule has 6 aliphatic carbocycles. The molecule has 0 radical (unpaired) electrons. The summed E-state index contributed by atoms with van der Waals surface area (Å²) in [6, 6.07) is 7.06.